The van der Waals surface area contributed by atoms with Crippen LogP contribution in [0, 0.1) is 0 Å². The fraction of sp³-hybridized carbons (Fsp3) is 0.385. The van der Waals surface area contributed by atoms with Crippen LogP contribution in [-0.4, -0.2) is 48.1 Å². The number of para-hydroxylation sites is 1. The molecule has 164 valence electrons. The predicted octanol–water partition coefficient (Wildman–Crippen LogP) is 4.60. The number of rotatable bonds is 4. The molecule has 6 nitrogen and oxygen atoms in total. The van der Waals surface area contributed by atoms with Crippen molar-refractivity contribution in [2.45, 2.75) is 37.6 Å². The monoisotopic (exact) mass is 429 g/mol. The number of likely N-dealkylation sites (tertiary alicyclic amines) is 1. The largest absolute Gasteiger partial charge is 0.486 e. The highest BCUT2D eigenvalue weighted by molar-refractivity contribution is 6.06. The summed E-state index contributed by atoms with van der Waals surface area (Å²) in [6.45, 7) is 2.63. The molecule has 1 amide bonds. The Hall–Kier alpha value is -3.28. The molecular weight excluding hydrogens is 402 g/mol. The quantitative estimate of drug-likeness (QED) is 0.657. The minimum absolute atomic E-state index is 0.110. The molecule has 3 aromatic rings. The third-order valence-electron chi connectivity index (χ3n) is 6.58. The summed E-state index contributed by atoms with van der Waals surface area (Å²) in [5.74, 6) is 2.19. The molecule has 3 heterocycles. The molecule has 0 spiro atoms. The van der Waals surface area contributed by atoms with Crippen LogP contribution in [0.5, 0.6) is 11.5 Å². The molecule has 0 bridgehead atoms. The van der Waals surface area contributed by atoms with Crippen molar-refractivity contribution in [1.82, 2.24) is 9.88 Å². The first kappa shape index (κ1) is 19.4. The Balaban J connectivity index is 1.22. The zero-order valence-corrected chi connectivity index (χ0v) is 18.0. The standard InChI is InChI=1S/C26H27N3O3/c30-26(21-15-23(17-7-8-17)28-22-6-2-1-5-20(21)22)29-11-3-4-19(16-29)27-18-9-10-24-25(14-18)32-13-12-31-24/h1-2,5-6,9-10,14-15,17,19,27H,3-4,7-8,11-13,16H2/t19-/m0/s1. The van der Waals surface area contributed by atoms with Crippen LogP contribution in [0.1, 0.15) is 47.7 Å². The summed E-state index contributed by atoms with van der Waals surface area (Å²) < 4.78 is 11.3. The van der Waals surface area contributed by atoms with Gasteiger partial charge >= 0.3 is 0 Å². The van der Waals surface area contributed by atoms with Crippen molar-refractivity contribution < 1.29 is 14.3 Å². The number of amides is 1. The number of benzene rings is 2. The van der Waals surface area contributed by atoms with Crippen molar-refractivity contribution in [2.24, 2.45) is 0 Å². The lowest BCUT2D eigenvalue weighted by Gasteiger charge is -2.34. The molecule has 1 atom stereocenters. The summed E-state index contributed by atoms with van der Waals surface area (Å²) in [6.07, 6.45) is 4.35. The second-order valence-corrected chi connectivity index (χ2v) is 8.98. The topological polar surface area (TPSA) is 63.7 Å². The van der Waals surface area contributed by atoms with Gasteiger partial charge in [0.2, 0.25) is 0 Å². The van der Waals surface area contributed by atoms with Crippen LogP contribution in [0.25, 0.3) is 10.9 Å². The Morgan fingerprint density at radius 3 is 2.72 bits per heavy atom. The number of carbonyl (C=O) groups is 1. The number of ether oxygens (including phenoxy) is 2. The zero-order valence-electron chi connectivity index (χ0n) is 18.0. The Bertz CT molecular complexity index is 1170. The number of fused-ring (bicyclic) bond motifs is 2. The Labute approximate surface area is 187 Å². The summed E-state index contributed by atoms with van der Waals surface area (Å²) in [5.41, 5.74) is 3.77. The highest BCUT2D eigenvalue weighted by atomic mass is 16.6. The van der Waals surface area contributed by atoms with Crippen molar-refractivity contribution in [2.75, 3.05) is 31.6 Å². The van der Waals surface area contributed by atoms with Gasteiger partial charge in [0, 0.05) is 47.9 Å². The molecule has 1 aromatic heterocycles. The minimum atomic E-state index is 0.110. The lowest BCUT2D eigenvalue weighted by atomic mass is 10.0. The third-order valence-corrected chi connectivity index (χ3v) is 6.58. The van der Waals surface area contributed by atoms with E-state index in [1.165, 1.54) is 12.8 Å². The van der Waals surface area contributed by atoms with Gasteiger partial charge in [-0.3, -0.25) is 9.78 Å². The molecule has 0 unspecified atom stereocenters. The van der Waals surface area contributed by atoms with E-state index in [9.17, 15) is 4.79 Å². The van der Waals surface area contributed by atoms with Crippen LogP contribution < -0.4 is 14.8 Å². The molecule has 1 aliphatic carbocycles. The van der Waals surface area contributed by atoms with Gasteiger partial charge in [-0.15, -0.1) is 0 Å². The number of nitrogens with one attached hydrogen (secondary N) is 1. The van der Waals surface area contributed by atoms with Gasteiger partial charge in [-0.1, -0.05) is 18.2 Å². The van der Waals surface area contributed by atoms with E-state index in [1.807, 2.05) is 53.4 Å². The second kappa shape index (κ2) is 8.01. The summed E-state index contributed by atoms with van der Waals surface area (Å²) in [5, 5.41) is 4.55. The predicted molar refractivity (Wildman–Crippen MR) is 124 cm³/mol. The van der Waals surface area contributed by atoms with E-state index < -0.39 is 0 Å². The van der Waals surface area contributed by atoms with Gasteiger partial charge in [-0.2, -0.15) is 0 Å². The first-order valence-electron chi connectivity index (χ1n) is 11.6. The van der Waals surface area contributed by atoms with Gasteiger partial charge in [0.15, 0.2) is 11.5 Å². The fourth-order valence-electron chi connectivity index (χ4n) is 4.78. The maximum absolute atomic E-state index is 13.6. The normalized spacial score (nSPS) is 20.2. The highest BCUT2D eigenvalue weighted by Gasteiger charge is 2.30. The Morgan fingerprint density at radius 2 is 1.84 bits per heavy atom. The van der Waals surface area contributed by atoms with Crippen molar-refractivity contribution in [3.05, 3.63) is 59.8 Å². The average molecular weight is 430 g/mol. The molecule has 0 radical (unpaired) electrons. The number of pyridine rings is 1. The number of hydrogen-bond donors (Lipinski definition) is 1. The van der Waals surface area contributed by atoms with Crippen LogP contribution in [-0.2, 0) is 0 Å². The maximum atomic E-state index is 13.6. The van der Waals surface area contributed by atoms with Crippen LogP contribution in [0.15, 0.2) is 48.5 Å². The molecule has 1 N–H and O–H groups in total. The Kier molecular flexibility index (Phi) is 4.86. The number of carbonyl (C=O) groups excluding carboxylic acids is 1. The van der Waals surface area contributed by atoms with E-state index in [1.54, 1.807) is 0 Å². The summed E-state index contributed by atoms with van der Waals surface area (Å²) >= 11 is 0. The van der Waals surface area contributed by atoms with Crippen LogP contribution in [0.3, 0.4) is 0 Å². The summed E-state index contributed by atoms with van der Waals surface area (Å²) in [6, 6.07) is 16.2. The number of nitrogens with zero attached hydrogens (tertiary/aromatic N) is 2. The van der Waals surface area contributed by atoms with Gasteiger partial charge in [0.25, 0.3) is 5.91 Å². The summed E-state index contributed by atoms with van der Waals surface area (Å²) in [7, 11) is 0. The van der Waals surface area contributed by atoms with Crippen molar-refractivity contribution >= 4 is 22.5 Å². The SMILES string of the molecule is O=C(c1cc(C2CC2)nc2ccccc12)N1CCC[C@H](Nc2ccc3c(c2)OCCO3)C1. The molecule has 2 aliphatic heterocycles. The van der Waals surface area contributed by atoms with E-state index in [2.05, 4.69) is 5.32 Å². The van der Waals surface area contributed by atoms with Gasteiger partial charge < -0.3 is 19.7 Å². The second-order valence-electron chi connectivity index (χ2n) is 8.98. The maximum Gasteiger partial charge on any atom is 0.254 e. The molecule has 1 saturated heterocycles. The van der Waals surface area contributed by atoms with Crippen molar-refractivity contribution in [3.8, 4) is 11.5 Å². The third kappa shape index (κ3) is 3.74. The summed E-state index contributed by atoms with van der Waals surface area (Å²) in [4.78, 5) is 20.5. The molecule has 2 aromatic carbocycles. The van der Waals surface area contributed by atoms with E-state index in [0.29, 0.717) is 25.7 Å². The van der Waals surface area contributed by atoms with E-state index in [0.717, 1.165) is 58.7 Å². The van der Waals surface area contributed by atoms with E-state index in [-0.39, 0.29) is 11.9 Å². The number of aromatic nitrogens is 1. The highest BCUT2D eigenvalue weighted by Crippen LogP contribution is 2.40. The molecular formula is C26H27N3O3. The fourth-order valence-corrected chi connectivity index (χ4v) is 4.78. The van der Waals surface area contributed by atoms with Gasteiger partial charge in [0.1, 0.15) is 13.2 Å². The average Bonchev–Trinajstić information content (AvgIpc) is 3.69. The lowest BCUT2D eigenvalue weighted by Crippen LogP contribution is -2.45. The van der Waals surface area contributed by atoms with Crippen LogP contribution in [0.4, 0.5) is 5.69 Å². The van der Waals surface area contributed by atoms with E-state index >= 15 is 0 Å². The minimum Gasteiger partial charge on any atom is -0.486 e. The molecule has 32 heavy (non-hydrogen) atoms. The first-order valence-corrected chi connectivity index (χ1v) is 11.6. The van der Waals surface area contributed by atoms with Gasteiger partial charge in [-0.05, 0) is 49.9 Å². The molecule has 6 rings (SSSR count). The lowest BCUT2D eigenvalue weighted by molar-refractivity contribution is 0.0716. The van der Waals surface area contributed by atoms with Gasteiger partial charge in [0.05, 0.1) is 11.1 Å². The smallest absolute Gasteiger partial charge is 0.254 e. The van der Waals surface area contributed by atoms with Crippen LogP contribution in [0.2, 0.25) is 0 Å². The number of hydrogen-bond acceptors (Lipinski definition) is 5. The molecule has 2 fully saturated rings. The molecule has 6 heteroatoms. The number of anilines is 1. The van der Waals surface area contributed by atoms with E-state index in [4.69, 9.17) is 14.5 Å². The van der Waals surface area contributed by atoms with Crippen molar-refractivity contribution in [3.63, 3.8) is 0 Å². The molecule has 1 saturated carbocycles. The Morgan fingerprint density at radius 1 is 1.00 bits per heavy atom. The molecule has 3 aliphatic rings. The van der Waals surface area contributed by atoms with Gasteiger partial charge in [-0.25, -0.2) is 0 Å². The zero-order chi connectivity index (χ0) is 21.5. The first-order chi connectivity index (χ1) is 15.7. The van der Waals surface area contributed by atoms with Crippen molar-refractivity contribution in [1.29, 1.82) is 0 Å². The number of piperidine rings is 1. The van der Waals surface area contributed by atoms with Crippen LogP contribution >= 0.6 is 0 Å².